The molecular weight excluding hydrogens is 406 g/mol. The summed E-state index contributed by atoms with van der Waals surface area (Å²) in [7, 11) is 0. The van der Waals surface area contributed by atoms with Crippen LogP contribution in [0, 0.1) is 0 Å². The molecule has 0 fully saturated rings. The van der Waals surface area contributed by atoms with Crippen molar-refractivity contribution in [2.75, 3.05) is 10.6 Å². The van der Waals surface area contributed by atoms with Gasteiger partial charge in [-0.3, -0.25) is 9.69 Å². The lowest BCUT2D eigenvalue weighted by Crippen LogP contribution is -2.45. The number of carboxylic acid groups (broad SMARTS) is 1. The fraction of sp³-hybridized carbons (Fsp3) is 0.250. The molecule has 1 aromatic heterocycles. The van der Waals surface area contributed by atoms with Crippen LogP contribution in [0.1, 0.15) is 49.7 Å². The van der Waals surface area contributed by atoms with E-state index >= 15 is 0 Å². The molecule has 0 saturated carbocycles. The molecule has 0 radical (unpaired) electrons. The summed E-state index contributed by atoms with van der Waals surface area (Å²) in [6, 6.07) is 15.7. The Morgan fingerprint density at radius 3 is 2.38 bits per heavy atom. The number of amides is 2. The topological polar surface area (TPSA) is 121 Å². The number of anilines is 2. The van der Waals surface area contributed by atoms with Crippen molar-refractivity contribution in [3.63, 3.8) is 0 Å². The second-order valence-electron chi connectivity index (χ2n) is 8.46. The Morgan fingerprint density at radius 2 is 1.78 bits per heavy atom. The molecule has 32 heavy (non-hydrogen) atoms. The quantitative estimate of drug-likeness (QED) is 0.545. The molecule has 3 rings (SSSR count). The fourth-order valence-electron chi connectivity index (χ4n) is 3.41. The molecule has 8 nitrogen and oxygen atoms in total. The van der Waals surface area contributed by atoms with Crippen molar-refractivity contribution in [3.05, 3.63) is 71.9 Å². The number of carbonyl (C=O) groups is 2. The van der Waals surface area contributed by atoms with E-state index < -0.39 is 11.6 Å². The van der Waals surface area contributed by atoms with Crippen LogP contribution in [0.15, 0.2) is 60.8 Å². The number of hydrogen-bond acceptors (Lipinski definition) is 5. The molecule has 0 spiro atoms. The van der Waals surface area contributed by atoms with Crippen molar-refractivity contribution in [1.29, 1.82) is 0 Å². The van der Waals surface area contributed by atoms with Gasteiger partial charge >= 0.3 is 6.09 Å². The number of rotatable bonds is 5. The Balaban J connectivity index is 1.75. The third-order valence-electron chi connectivity index (χ3n) is 4.96. The SMILES string of the molecule is CC(NC(=O)c1ccc(-c2ccnc(N)n2)cc1)c1cccc(N(C(=O)O)C(C)(C)C)c1. The maximum atomic E-state index is 12.8. The zero-order valence-electron chi connectivity index (χ0n) is 18.5. The zero-order chi connectivity index (χ0) is 23.5. The number of carbonyl (C=O) groups excluding carboxylic acids is 1. The highest BCUT2D eigenvalue weighted by atomic mass is 16.4. The van der Waals surface area contributed by atoms with E-state index in [0.29, 0.717) is 16.9 Å². The van der Waals surface area contributed by atoms with Crippen LogP contribution >= 0.6 is 0 Å². The summed E-state index contributed by atoms with van der Waals surface area (Å²) in [5, 5.41) is 12.6. The van der Waals surface area contributed by atoms with Gasteiger partial charge in [-0.2, -0.15) is 0 Å². The van der Waals surface area contributed by atoms with Crippen LogP contribution < -0.4 is 16.0 Å². The van der Waals surface area contributed by atoms with Crippen LogP contribution in [0.5, 0.6) is 0 Å². The standard InChI is InChI=1S/C24H27N5O3/c1-15(18-6-5-7-19(14-18)29(23(31)32)24(2,3)4)27-21(30)17-10-8-16(9-11-17)20-12-13-26-22(25)28-20/h5-15H,1-4H3,(H,27,30)(H,31,32)(H2,25,26,28). The van der Waals surface area contributed by atoms with Crippen LogP contribution in [0.4, 0.5) is 16.4 Å². The Kier molecular flexibility index (Phi) is 6.43. The summed E-state index contributed by atoms with van der Waals surface area (Å²) in [6.07, 6.45) is 0.552. The molecule has 1 atom stereocenters. The molecule has 0 bridgehead atoms. The van der Waals surface area contributed by atoms with Gasteiger partial charge in [0.15, 0.2) is 0 Å². The monoisotopic (exact) mass is 433 g/mol. The highest BCUT2D eigenvalue weighted by Gasteiger charge is 2.28. The highest BCUT2D eigenvalue weighted by molar-refractivity contribution is 5.95. The first-order valence-electron chi connectivity index (χ1n) is 10.2. The summed E-state index contributed by atoms with van der Waals surface area (Å²) in [5.41, 5.74) is 8.39. The van der Waals surface area contributed by atoms with E-state index in [1.54, 1.807) is 54.7 Å². The minimum Gasteiger partial charge on any atom is -0.465 e. The molecule has 1 unspecified atom stereocenters. The zero-order valence-corrected chi connectivity index (χ0v) is 18.5. The summed E-state index contributed by atoms with van der Waals surface area (Å²) in [6.45, 7) is 7.35. The van der Waals surface area contributed by atoms with Gasteiger partial charge < -0.3 is 16.2 Å². The molecule has 3 aromatic rings. The van der Waals surface area contributed by atoms with E-state index in [9.17, 15) is 14.7 Å². The van der Waals surface area contributed by atoms with Crippen LogP contribution in [0.2, 0.25) is 0 Å². The average Bonchev–Trinajstić information content (AvgIpc) is 2.72. The maximum absolute atomic E-state index is 12.8. The summed E-state index contributed by atoms with van der Waals surface area (Å²) < 4.78 is 0. The first-order valence-corrected chi connectivity index (χ1v) is 10.2. The van der Waals surface area contributed by atoms with Crippen molar-refractivity contribution in [3.8, 4) is 11.3 Å². The van der Waals surface area contributed by atoms with Gasteiger partial charge in [-0.25, -0.2) is 14.8 Å². The Bertz CT molecular complexity index is 1120. The van der Waals surface area contributed by atoms with Gasteiger partial charge in [0.2, 0.25) is 5.95 Å². The highest BCUT2D eigenvalue weighted by Crippen LogP contribution is 2.27. The summed E-state index contributed by atoms with van der Waals surface area (Å²) in [5.74, 6) is -0.0455. The lowest BCUT2D eigenvalue weighted by atomic mass is 10.0. The van der Waals surface area contributed by atoms with E-state index in [2.05, 4.69) is 15.3 Å². The molecule has 4 N–H and O–H groups in total. The predicted octanol–water partition coefficient (Wildman–Crippen LogP) is 4.50. The number of nitrogens with zero attached hydrogens (tertiary/aromatic N) is 3. The third kappa shape index (κ3) is 5.21. The van der Waals surface area contributed by atoms with Crippen molar-refractivity contribution < 1.29 is 14.7 Å². The molecular formula is C24H27N5O3. The molecule has 0 aliphatic heterocycles. The van der Waals surface area contributed by atoms with Crippen LogP contribution in [0.25, 0.3) is 11.3 Å². The molecule has 166 valence electrons. The smallest absolute Gasteiger partial charge is 0.412 e. The minimum absolute atomic E-state index is 0.188. The van der Waals surface area contributed by atoms with Crippen LogP contribution in [0.3, 0.4) is 0 Å². The largest absolute Gasteiger partial charge is 0.465 e. The van der Waals surface area contributed by atoms with Crippen molar-refractivity contribution in [2.24, 2.45) is 0 Å². The molecule has 2 amide bonds. The number of nitrogens with two attached hydrogens (primary N) is 1. The van der Waals surface area contributed by atoms with Gasteiger partial charge in [0.05, 0.1) is 11.7 Å². The molecule has 0 aliphatic rings. The second kappa shape index (κ2) is 9.05. The second-order valence-corrected chi connectivity index (χ2v) is 8.46. The van der Waals surface area contributed by atoms with E-state index in [1.807, 2.05) is 33.8 Å². The van der Waals surface area contributed by atoms with E-state index in [1.165, 1.54) is 4.90 Å². The Hall–Kier alpha value is -3.94. The molecule has 8 heteroatoms. The van der Waals surface area contributed by atoms with Crippen molar-refractivity contribution >= 4 is 23.6 Å². The fourth-order valence-corrected chi connectivity index (χ4v) is 3.41. The summed E-state index contributed by atoms with van der Waals surface area (Å²) in [4.78, 5) is 33.9. The van der Waals surface area contributed by atoms with Gasteiger partial charge in [0, 0.05) is 28.6 Å². The van der Waals surface area contributed by atoms with Gasteiger partial charge in [0.25, 0.3) is 5.91 Å². The van der Waals surface area contributed by atoms with Crippen molar-refractivity contribution in [2.45, 2.75) is 39.3 Å². The van der Waals surface area contributed by atoms with E-state index in [0.717, 1.165) is 11.1 Å². The summed E-state index contributed by atoms with van der Waals surface area (Å²) >= 11 is 0. The number of aromatic nitrogens is 2. The Morgan fingerprint density at radius 1 is 1.09 bits per heavy atom. The third-order valence-corrected chi connectivity index (χ3v) is 4.96. The van der Waals surface area contributed by atoms with Gasteiger partial charge in [0.1, 0.15) is 0 Å². The first kappa shape index (κ1) is 22.7. The molecule has 0 saturated heterocycles. The number of nitrogens with one attached hydrogen (secondary N) is 1. The van der Waals surface area contributed by atoms with Gasteiger partial charge in [-0.05, 0) is 63.6 Å². The van der Waals surface area contributed by atoms with Crippen molar-refractivity contribution in [1.82, 2.24) is 15.3 Å². The number of hydrogen-bond donors (Lipinski definition) is 3. The van der Waals surface area contributed by atoms with Crippen LogP contribution in [-0.2, 0) is 0 Å². The van der Waals surface area contributed by atoms with Crippen LogP contribution in [-0.4, -0.2) is 32.6 Å². The minimum atomic E-state index is -1.03. The Labute approximate surface area is 187 Å². The predicted molar refractivity (Wildman–Crippen MR) is 124 cm³/mol. The van der Waals surface area contributed by atoms with Gasteiger partial charge in [-0.15, -0.1) is 0 Å². The lowest BCUT2D eigenvalue weighted by molar-refractivity contribution is 0.0939. The normalized spacial score (nSPS) is 12.1. The lowest BCUT2D eigenvalue weighted by Gasteiger charge is -2.33. The number of nitrogen functional groups attached to an aromatic ring is 1. The number of benzene rings is 2. The molecule has 2 aromatic carbocycles. The first-order chi connectivity index (χ1) is 15.1. The molecule has 1 heterocycles. The van der Waals surface area contributed by atoms with Gasteiger partial charge in [-0.1, -0.05) is 24.3 Å². The average molecular weight is 434 g/mol. The molecule has 0 aliphatic carbocycles. The van der Waals surface area contributed by atoms with E-state index in [4.69, 9.17) is 5.73 Å². The van der Waals surface area contributed by atoms with E-state index in [-0.39, 0.29) is 17.9 Å². The maximum Gasteiger partial charge on any atom is 0.412 e.